The third-order valence-corrected chi connectivity index (χ3v) is 7.73. The number of rotatable bonds is 4. The Bertz CT molecular complexity index is 856. The Labute approximate surface area is 181 Å². The van der Waals surface area contributed by atoms with Gasteiger partial charge in [-0.25, -0.2) is 0 Å². The predicted octanol–water partition coefficient (Wildman–Crippen LogP) is 2.27. The van der Waals surface area contributed by atoms with Crippen LogP contribution in [-0.4, -0.2) is 59.5 Å². The summed E-state index contributed by atoms with van der Waals surface area (Å²) in [6.45, 7) is 4.45. The molecule has 3 heterocycles. The lowest BCUT2D eigenvalue weighted by Crippen LogP contribution is -2.70. The van der Waals surface area contributed by atoms with Crippen LogP contribution in [0.15, 0.2) is 34.7 Å². The number of likely N-dealkylation sites (N-methyl/N-ethyl adjacent to an activating group) is 1. The number of nitrogens with zero attached hydrogens (tertiary/aromatic N) is 3. The first-order chi connectivity index (χ1) is 14.0. The summed E-state index contributed by atoms with van der Waals surface area (Å²) in [4.78, 5) is 17.7. The number of likely N-dealkylation sites (tertiary alicyclic amines) is 1. The van der Waals surface area contributed by atoms with Gasteiger partial charge in [0, 0.05) is 25.7 Å². The van der Waals surface area contributed by atoms with Crippen molar-refractivity contribution in [3.8, 4) is 6.07 Å². The van der Waals surface area contributed by atoms with E-state index in [-0.39, 0.29) is 23.5 Å². The maximum atomic E-state index is 13.5. The molecule has 3 aliphatic rings. The predicted molar refractivity (Wildman–Crippen MR) is 116 cm³/mol. The van der Waals surface area contributed by atoms with Gasteiger partial charge in [0.1, 0.15) is 11.5 Å². The summed E-state index contributed by atoms with van der Waals surface area (Å²) in [6, 6.07) is 10.1. The normalized spacial score (nSPS) is 32.6. The van der Waals surface area contributed by atoms with Gasteiger partial charge in [0.15, 0.2) is 0 Å². The number of carbonyl (C=O) groups is 1. The number of halogens is 1. The van der Waals surface area contributed by atoms with Crippen LogP contribution in [0.2, 0.25) is 0 Å². The number of amides is 1. The average molecular weight is 432 g/mol. The first-order valence-corrected chi connectivity index (χ1v) is 11.3. The molecule has 8 heteroatoms. The van der Waals surface area contributed by atoms with E-state index >= 15 is 0 Å². The smallest absolute Gasteiger partial charge is 0.240 e. The van der Waals surface area contributed by atoms with E-state index in [0.717, 1.165) is 25.1 Å². The van der Waals surface area contributed by atoms with Gasteiger partial charge in [-0.1, -0.05) is 48.5 Å². The molecule has 3 unspecified atom stereocenters. The number of nitriles is 1. The fourth-order valence-corrected chi connectivity index (χ4v) is 5.89. The minimum Gasteiger partial charge on any atom is -0.315 e. The van der Waals surface area contributed by atoms with E-state index in [1.807, 2.05) is 36.2 Å². The van der Waals surface area contributed by atoms with E-state index < -0.39 is 0 Å². The van der Waals surface area contributed by atoms with Gasteiger partial charge in [-0.2, -0.15) is 5.26 Å². The monoisotopic (exact) mass is 431 g/mol. The Balaban J connectivity index is 1.64. The first kappa shape index (κ1) is 20.7. The van der Waals surface area contributed by atoms with Crippen molar-refractivity contribution < 1.29 is 4.79 Å². The van der Waals surface area contributed by atoms with Crippen LogP contribution >= 0.6 is 23.4 Å². The first-order valence-electron chi connectivity index (χ1n) is 10.0. The maximum Gasteiger partial charge on any atom is 0.240 e. The molecule has 154 valence electrons. The summed E-state index contributed by atoms with van der Waals surface area (Å²) in [5.41, 5.74) is 1.47. The van der Waals surface area contributed by atoms with E-state index in [1.165, 1.54) is 11.8 Å². The van der Waals surface area contributed by atoms with Crippen molar-refractivity contribution >= 4 is 29.3 Å². The lowest BCUT2D eigenvalue weighted by Gasteiger charge is -2.49. The molecule has 1 aromatic rings. The standard InChI is InChI=1S/C21H26ClN5OS/c1-13-7-8-26(12-17(13)24-2)21-25-16-9-18(22)29-19(16)20(28)27(21)11-15-6-4-3-5-14(15)10-23/h3-6,9,13,16-17,19,21,24-25H,7-8,11-12H2,1-2H3/t13-,16?,17+,19?,21?/m1/s1. The molecule has 0 saturated carbocycles. The number of carbonyl (C=O) groups excluding carboxylic acids is 1. The lowest BCUT2D eigenvalue weighted by molar-refractivity contribution is -0.146. The number of piperidine rings is 1. The zero-order valence-electron chi connectivity index (χ0n) is 16.6. The molecular weight excluding hydrogens is 406 g/mol. The summed E-state index contributed by atoms with van der Waals surface area (Å²) >= 11 is 7.67. The van der Waals surface area contributed by atoms with Gasteiger partial charge >= 0.3 is 0 Å². The fourth-order valence-electron chi connectivity index (χ4n) is 4.46. The van der Waals surface area contributed by atoms with Gasteiger partial charge in [0.2, 0.25) is 5.91 Å². The fraction of sp³-hybridized carbons (Fsp3) is 0.524. The number of thioether (sulfide) groups is 1. The van der Waals surface area contributed by atoms with Gasteiger partial charge in [-0.05, 0) is 37.1 Å². The molecule has 1 aromatic carbocycles. The third-order valence-electron chi connectivity index (χ3n) is 6.22. The second-order valence-electron chi connectivity index (χ2n) is 7.97. The Morgan fingerprint density at radius 3 is 2.97 bits per heavy atom. The van der Waals surface area contributed by atoms with E-state index in [0.29, 0.717) is 28.4 Å². The number of nitrogens with one attached hydrogen (secondary N) is 2. The second-order valence-corrected chi connectivity index (χ2v) is 9.78. The Hall–Kier alpha value is -1.56. The molecule has 3 aliphatic heterocycles. The van der Waals surface area contributed by atoms with Crippen LogP contribution in [0, 0.1) is 17.2 Å². The van der Waals surface area contributed by atoms with Gasteiger partial charge in [0.05, 0.1) is 22.0 Å². The van der Waals surface area contributed by atoms with Crippen LogP contribution in [-0.2, 0) is 11.3 Å². The SMILES string of the molecule is CN[C@H]1CN(C2NC3C=C(Cl)SC3C(=O)N2Cc2ccccc2C#N)CC[C@H]1C. The van der Waals surface area contributed by atoms with E-state index in [2.05, 4.69) is 28.5 Å². The van der Waals surface area contributed by atoms with Crippen molar-refractivity contribution in [3.05, 3.63) is 45.8 Å². The summed E-state index contributed by atoms with van der Waals surface area (Å²) in [5, 5.41) is 16.3. The summed E-state index contributed by atoms with van der Waals surface area (Å²) in [6.07, 6.45) is 2.79. The lowest BCUT2D eigenvalue weighted by atomic mass is 9.93. The molecule has 0 spiro atoms. The Kier molecular flexibility index (Phi) is 6.19. The molecule has 0 aliphatic carbocycles. The molecule has 0 radical (unpaired) electrons. The van der Waals surface area contributed by atoms with Crippen molar-refractivity contribution in [1.82, 2.24) is 20.4 Å². The highest BCUT2D eigenvalue weighted by atomic mass is 35.5. The summed E-state index contributed by atoms with van der Waals surface area (Å²) in [5.74, 6) is 0.662. The van der Waals surface area contributed by atoms with Crippen molar-refractivity contribution in [2.75, 3.05) is 20.1 Å². The van der Waals surface area contributed by atoms with Crippen molar-refractivity contribution in [1.29, 1.82) is 5.26 Å². The van der Waals surface area contributed by atoms with Crippen molar-refractivity contribution in [2.24, 2.45) is 5.92 Å². The van der Waals surface area contributed by atoms with Gasteiger partial charge in [-0.3, -0.25) is 15.0 Å². The molecule has 0 aromatic heterocycles. The second kappa shape index (κ2) is 8.66. The van der Waals surface area contributed by atoms with Gasteiger partial charge in [-0.15, -0.1) is 0 Å². The maximum absolute atomic E-state index is 13.5. The summed E-state index contributed by atoms with van der Waals surface area (Å²) < 4.78 is 0.666. The molecular formula is C21H26ClN5OS. The zero-order chi connectivity index (χ0) is 20.5. The minimum atomic E-state index is -0.253. The van der Waals surface area contributed by atoms with E-state index in [4.69, 9.17) is 11.6 Å². The molecule has 0 bridgehead atoms. The zero-order valence-corrected chi connectivity index (χ0v) is 18.2. The molecule has 4 rings (SSSR count). The molecule has 2 fully saturated rings. The Morgan fingerprint density at radius 1 is 1.41 bits per heavy atom. The van der Waals surface area contributed by atoms with Gasteiger partial charge in [0.25, 0.3) is 0 Å². The summed E-state index contributed by atoms with van der Waals surface area (Å²) in [7, 11) is 2.00. The van der Waals surface area contributed by atoms with Crippen molar-refractivity contribution in [2.45, 2.75) is 43.5 Å². The van der Waals surface area contributed by atoms with Crippen LogP contribution in [0.1, 0.15) is 24.5 Å². The number of hydrogen-bond donors (Lipinski definition) is 2. The van der Waals surface area contributed by atoms with Crippen LogP contribution in [0.4, 0.5) is 0 Å². The van der Waals surface area contributed by atoms with Crippen LogP contribution < -0.4 is 10.6 Å². The minimum absolute atomic E-state index is 0.0696. The highest BCUT2D eigenvalue weighted by Gasteiger charge is 2.47. The number of benzene rings is 1. The number of fused-ring (bicyclic) bond motifs is 1. The van der Waals surface area contributed by atoms with Crippen LogP contribution in [0.5, 0.6) is 0 Å². The van der Waals surface area contributed by atoms with E-state index in [9.17, 15) is 10.1 Å². The average Bonchev–Trinajstić information content (AvgIpc) is 3.11. The molecule has 5 atom stereocenters. The van der Waals surface area contributed by atoms with Crippen LogP contribution in [0.3, 0.4) is 0 Å². The van der Waals surface area contributed by atoms with Crippen molar-refractivity contribution in [3.63, 3.8) is 0 Å². The molecule has 6 nitrogen and oxygen atoms in total. The van der Waals surface area contributed by atoms with Gasteiger partial charge < -0.3 is 10.2 Å². The third kappa shape index (κ3) is 4.05. The molecule has 29 heavy (non-hydrogen) atoms. The largest absolute Gasteiger partial charge is 0.315 e. The van der Waals surface area contributed by atoms with Crippen LogP contribution in [0.25, 0.3) is 0 Å². The van der Waals surface area contributed by atoms with E-state index in [1.54, 1.807) is 6.07 Å². The molecule has 1 amide bonds. The molecule has 2 saturated heterocycles. The number of hydrogen-bond acceptors (Lipinski definition) is 6. The highest BCUT2D eigenvalue weighted by Crippen LogP contribution is 2.39. The highest BCUT2D eigenvalue weighted by molar-refractivity contribution is 8.06. The Morgan fingerprint density at radius 2 is 2.21 bits per heavy atom. The quantitative estimate of drug-likeness (QED) is 0.762. The topological polar surface area (TPSA) is 71.4 Å². The molecule has 2 N–H and O–H groups in total.